The van der Waals surface area contributed by atoms with Gasteiger partial charge in [0.2, 0.25) is 0 Å². The highest BCUT2D eigenvalue weighted by Gasteiger charge is 2.38. The van der Waals surface area contributed by atoms with Crippen molar-refractivity contribution in [1.29, 1.82) is 0 Å². The second kappa shape index (κ2) is 8.99. The summed E-state index contributed by atoms with van der Waals surface area (Å²) in [5.74, 6) is -2.10. The number of carboxylic acids is 1. The smallest absolute Gasteiger partial charge is 0.475 e. The summed E-state index contributed by atoms with van der Waals surface area (Å²) in [4.78, 5) is 24.7. The third-order valence-corrected chi connectivity index (χ3v) is 3.01. The Balaban J connectivity index is 0.000000412. The average Bonchev–Trinajstić information content (AvgIpc) is 2.91. The van der Waals surface area contributed by atoms with Crippen molar-refractivity contribution < 1.29 is 37.4 Å². The van der Waals surface area contributed by atoms with Crippen LogP contribution in [0, 0.1) is 13.8 Å². The van der Waals surface area contributed by atoms with Crippen LogP contribution in [0.25, 0.3) is 0 Å². The number of hydrogen-bond donors (Lipinski definition) is 3. The van der Waals surface area contributed by atoms with Crippen LogP contribution in [0.2, 0.25) is 0 Å². The number of pyridine rings is 1. The van der Waals surface area contributed by atoms with E-state index in [9.17, 15) is 23.1 Å². The summed E-state index contributed by atoms with van der Waals surface area (Å²) in [5, 5.41) is 19.7. The Labute approximate surface area is 146 Å². The van der Waals surface area contributed by atoms with Crippen LogP contribution in [0.1, 0.15) is 33.5 Å². The molecule has 2 aromatic rings. The predicted octanol–water partition coefficient (Wildman–Crippen LogP) is 2.39. The van der Waals surface area contributed by atoms with Gasteiger partial charge in [-0.3, -0.25) is 9.78 Å². The number of hydrogen-bond acceptors (Lipinski definition) is 5. The first-order valence-electron chi connectivity index (χ1n) is 7.25. The molecule has 0 radical (unpaired) electrons. The SMILES string of the molecule is Cc1cc(C)c(C(=O)NCC(O)c2cccnc2)o1.O=C(O)C(F)(F)F. The maximum Gasteiger partial charge on any atom is 0.490 e. The van der Waals surface area contributed by atoms with Crippen molar-refractivity contribution in [3.8, 4) is 0 Å². The Bertz CT molecular complexity index is 744. The largest absolute Gasteiger partial charge is 0.490 e. The number of halogens is 3. The monoisotopic (exact) mass is 374 g/mol. The van der Waals surface area contributed by atoms with E-state index in [1.54, 1.807) is 37.5 Å². The molecule has 0 spiro atoms. The number of alkyl halides is 3. The van der Waals surface area contributed by atoms with Crippen molar-refractivity contribution in [3.05, 3.63) is 53.2 Å². The molecule has 7 nitrogen and oxygen atoms in total. The Morgan fingerprint density at radius 2 is 1.96 bits per heavy atom. The van der Waals surface area contributed by atoms with Crippen molar-refractivity contribution in [2.45, 2.75) is 26.1 Å². The summed E-state index contributed by atoms with van der Waals surface area (Å²) < 4.78 is 37.0. The second-order valence-electron chi connectivity index (χ2n) is 5.18. The van der Waals surface area contributed by atoms with Gasteiger partial charge in [0.05, 0.1) is 6.10 Å². The van der Waals surface area contributed by atoms with Crippen molar-refractivity contribution in [2.24, 2.45) is 0 Å². The first kappa shape index (κ1) is 21.2. The zero-order chi connectivity index (χ0) is 19.9. The molecule has 0 fully saturated rings. The van der Waals surface area contributed by atoms with E-state index in [0.717, 1.165) is 5.56 Å². The number of furan rings is 1. The van der Waals surface area contributed by atoms with Gasteiger partial charge < -0.3 is 19.9 Å². The number of aryl methyl sites for hydroxylation is 2. The molecule has 0 aliphatic heterocycles. The van der Waals surface area contributed by atoms with E-state index in [2.05, 4.69) is 10.3 Å². The number of aromatic nitrogens is 1. The fourth-order valence-corrected chi connectivity index (χ4v) is 1.83. The lowest BCUT2D eigenvalue weighted by atomic mass is 10.1. The van der Waals surface area contributed by atoms with E-state index in [4.69, 9.17) is 14.3 Å². The van der Waals surface area contributed by atoms with Crippen molar-refractivity contribution in [1.82, 2.24) is 10.3 Å². The molecule has 2 rings (SSSR count). The summed E-state index contributed by atoms with van der Waals surface area (Å²) in [7, 11) is 0. The summed E-state index contributed by atoms with van der Waals surface area (Å²) >= 11 is 0. The maximum absolute atomic E-state index is 11.9. The number of aliphatic hydroxyl groups excluding tert-OH is 1. The number of nitrogens with one attached hydrogen (secondary N) is 1. The fourth-order valence-electron chi connectivity index (χ4n) is 1.83. The van der Waals surface area contributed by atoms with E-state index in [0.29, 0.717) is 11.3 Å². The molecule has 0 saturated carbocycles. The second-order valence-corrected chi connectivity index (χ2v) is 5.18. The fraction of sp³-hybridized carbons (Fsp3) is 0.312. The molecule has 0 aromatic carbocycles. The van der Waals surface area contributed by atoms with Gasteiger partial charge in [-0.25, -0.2) is 4.79 Å². The Morgan fingerprint density at radius 1 is 1.35 bits per heavy atom. The van der Waals surface area contributed by atoms with Gasteiger partial charge in [0.1, 0.15) is 5.76 Å². The molecule has 0 aliphatic carbocycles. The van der Waals surface area contributed by atoms with Crippen LogP contribution < -0.4 is 5.32 Å². The molecule has 142 valence electrons. The van der Waals surface area contributed by atoms with Crippen LogP contribution in [0.4, 0.5) is 13.2 Å². The Kier molecular flexibility index (Phi) is 7.32. The van der Waals surface area contributed by atoms with E-state index < -0.39 is 18.2 Å². The minimum atomic E-state index is -5.08. The molecular formula is C16H17F3N2O5. The highest BCUT2D eigenvalue weighted by molar-refractivity contribution is 5.92. The Morgan fingerprint density at radius 3 is 2.38 bits per heavy atom. The quantitative estimate of drug-likeness (QED) is 0.757. The Hall–Kier alpha value is -2.88. The van der Waals surface area contributed by atoms with Gasteiger partial charge in [0.25, 0.3) is 5.91 Å². The first-order chi connectivity index (χ1) is 12.0. The van der Waals surface area contributed by atoms with E-state index in [-0.39, 0.29) is 18.2 Å². The molecule has 0 saturated heterocycles. The molecule has 2 heterocycles. The number of amides is 1. The standard InChI is InChI=1S/C14H16N2O3.C2HF3O2/c1-9-6-10(2)19-13(9)14(18)16-8-12(17)11-4-3-5-15-7-11;3-2(4,5)1(6)7/h3-7,12,17H,8H2,1-2H3,(H,16,18);(H,6,7). The van der Waals surface area contributed by atoms with Gasteiger partial charge in [0.15, 0.2) is 5.76 Å². The van der Waals surface area contributed by atoms with Crippen LogP contribution >= 0.6 is 0 Å². The van der Waals surface area contributed by atoms with E-state index in [1.807, 2.05) is 6.92 Å². The number of rotatable bonds is 4. The first-order valence-corrected chi connectivity index (χ1v) is 7.25. The third-order valence-electron chi connectivity index (χ3n) is 3.01. The zero-order valence-corrected chi connectivity index (χ0v) is 13.9. The third kappa shape index (κ3) is 6.55. The molecule has 1 atom stereocenters. The van der Waals surface area contributed by atoms with Crippen molar-refractivity contribution in [2.75, 3.05) is 6.54 Å². The van der Waals surface area contributed by atoms with Crippen LogP contribution in [0.3, 0.4) is 0 Å². The lowest BCUT2D eigenvalue weighted by Gasteiger charge is -2.11. The van der Waals surface area contributed by atoms with Gasteiger partial charge in [-0.15, -0.1) is 0 Å². The van der Waals surface area contributed by atoms with Crippen LogP contribution in [-0.2, 0) is 4.79 Å². The van der Waals surface area contributed by atoms with Crippen molar-refractivity contribution in [3.63, 3.8) is 0 Å². The number of aliphatic carboxylic acids is 1. The lowest BCUT2D eigenvalue weighted by molar-refractivity contribution is -0.192. The van der Waals surface area contributed by atoms with Gasteiger partial charge >= 0.3 is 12.1 Å². The van der Waals surface area contributed by atoms with Crippen LogP contribution in [0.15, 0.2) is 35.0 Å². The van der Waals surface area contributed by atoms with Gasteiger partial charge in [-0.1, -0.05) is 6.07 Å². The number of aliphatic hydroxyl groups is 1. The van der Waals surface area contributed by atoms with Gasteiger partial charge in [-0.05, 0) is 26.0 Å². The normalized spacial score (nSPS) is 11.9. The summed E-state index contributed by atoms with van der Waals surface area (Å²) in [6, 6.07) is 5.29. The minimum Gasteiger partial charge on any atom is -0.475 e. The molecule has 26 heavy (non-hydrogen) atoms. The van der Waals surface area contributed by atoms with E-state index >= 15 is 0 Å². The molecule has 1 unspecified atom stereocenters. The molecule has 0 bridgehead atoms. The molecule has 2 aromatic heterocycles. The van der Waals surface area contributed by atoms with Crippen LogP contribution in [0.5, 0.6) is 0 Å². The average molecular weight is 374 g/mol. The number of carboxylic acid groups (broad SMARTS) is 1. The lowest BCUT2D eigenvalue weighted by Crippen LogP contribution is -2.28. The molecule has 3 N–H and O–H groups in total. The van der Waals surface area contributed by atoms with Crippen LogP contribution in [-0.4, -0.2) is 39.8 Å². The maximum atomic E-state index is 11.9. The molecular weight excluding hydrogens is 357 g/mol. The summed E-state index contributed by atoms with van der Waals surface area (Å²) in [6.07, 6.45) is -2.67. The molecule has 1 amide bonds. The highest BCUT2D eigenvalue weighted by Crippen LogP contribution is 2.14. The van der Waals surface area contributed by atoms with E-state index in [1.165, 1.54) is 0 Å². The zero-order valence-electron chi connectivity index (χ0n) is 13.9. The molecule has 10 heteroatoms. The minimum absolute atomic E-state index is 0.115. The topological polar surface area (TPSA) is 113 Å². The number of carbonyl (C=O) groups is 2. The summed E-state index contributed by atoms with van der Waals surface area (Å²) in [6.45, 7) is 3.71. The summed E-state index contributed by atoms with van der Waals surface area (Å²) in [5.41, 5.74) is 1.45. The van der Waals surface area contributed by atoms with Crippen molar-refractivity contribution >= 4 is 11.9 Å². The molecule has 0 aliphatic rings. The van der Waals surface area contributed by atoms with Gasteiger partial charge in [0, 0.05) is 30.1 Å². The van der Waals surface area contributed by atoms with Gasteiger partial charge in [-0.2, -0.15) is 13.2 Å². The number of nitrogens with zero attached hydrogens (tertiary/aromatic N) is 1. The number of carbonyl (C=O) groups excluding carboxylic acids is 1. The predicted molar refractivity (Wildman–Crippen MR) is 83.4 cm³/mol. The highest BCUT2D eigenvalue weighted by atomic mass is 19.4.